The molecule has 0 unspecified atom stereocenters. The molecule has 1 aromatic carbocycles. The van der Waals surface area contributed by atoms with Gasteiger partial charge in [0.15, 0.2) is 0 Å². The van der Waals surface area contributed by atoms with Crippen molar-refractivity contribution in [2.24, 2.45) is 0 Å². The second kappa shape index (κ2) is 8.74. The molecular formula is C22H31N5O4. The number of hydrogen-bond donors (Lipinski definition) is 0. The molecule has 0 bridgehead atoms. The summed E-state index contributed by atoms with van der Waals surface area (Å²) in [5, 5.41) is 0. The molecule has 0 saturated carbocycles. The number of anilines is 1. The van der Waals surface area contributed by atoms with Crippen molar-refractivity contribution < 1.29 is 19.1 Å². The van der Waals surface area contributed by atoms with Gasteiger partial charge in [-0.05, 0) is 25.0 Å². The number of carbonyl (C=O) groups is 3. The van der Waals surface area contributed by atoms with Crippen molar-refractivity contribution in [3.63, 3.8) is 0 Å². The molecule has 3 aliphatic heterocycles. The number of rotatable bonds is 3. The lowest BCUT2D eigenvalue weighted by Crippen LogP contribution is -2.58. The predicted molar refractivity (Wildman–Crippen MR) is 116 cm³/mol. The molecule has 0 aliphatic carbocycles. The van der Waals surface area contributed by atoms with Crippen LogP contribution in [0.25, 0.3) is 0 Å². The minimum absolute atomic E-state index is 0.0186. The Morgan fingerprint density at radius 3 is 2.26 bits per heavy atom. The van der Waals surface area contributed by atoms with Crippen molar-refractivity contribution in [2.45, 2.75) is 18.4 Å². The summed E-state index contributed by atoms with van der Waals surface area (Å²) in [5.74, 6) is -0.0585. The number of urea groups is 1. The average molecular weight is 430 g/mol. The number of ether oxygens (including phenoxy) is 1. The zero-order chi connectivity index (χ0) is 22.0. The van der Waals surface area contributed by atoms with Gasteiger partial charge < -0.3 is 29.2 Å². The largest absolute Gasteiger partial charge is 0.378 e. The van der Waals surface area contributed by atoms with Gasteiger partial charge in [-0.2, -0.15) is 0 Å². The number of likely N-dealkylation sites (tertiary alicyclic amines) is 1. The standard InChI is InChI=1S/C22H31N5O4/c1-23(2)21(30)25-10-8-22(9-11-25)20(29)26(16-19(28)24-12-14-31-15-13-24)17-27(22)18-6-4-3-5-7-18/h3-7H,8-17H2,1-2H3. The Labute approximate surface area is 183 Å². The molecule has 3 heterocycles. The number of nitrogens with zero attached hydrogens (tertiary/aromatic N) is 5. The summed E-state index contributed by atoms with van der Waals surface area (Å²) in [6.45, 7) is 3.68. The molecule has 4 amide bonds. The van der Waals surface area contributed by atoms with Gasteiger partial charge in [-0.1, -0.05) is 18.2 Å². The highest BCUT2D eigenvalue weighted by atomic mass is 16.5. The maximum Gasteiger partial charge on any atom is 0.319 e. The Morgan fingerprint density at radius 2 is 1.65 bits per heavy atom. The molecule has 31 heavy (non-hydrogen) atoms. The first-order chi connectivity index (χ1) is 14.9. The third-order valence-electron chi connectivity index (χ3n) is 6.52. The number of para-hydroxylation sites is 1. The Hall–Kier alpha value is -2.81. The first-order valence-electron chi connectivity index (χ1n) is 10.9. The van der Waals surface area contributed by atoms with E-state index in [2.05, 4.69) is 4.90 Å². The molecule has 4 rings (SSSR count). The summed E-state index contributed by atoms with van der Waals surface area (Å²) in [6.07, 6.45) is 1.09. The van der Waals surface area contributed by atoms with Gasteiger partial charge in [-0.15, -0.1) is 0 Å². The Kier molecular flexibility index (Phi) is 6.04. The van der Waals surface area contributed by atoms with Crippen LogP contribution in [0.15, 0.2) is 30.3 Å². The summed E-state index contributed by atoms with van der Waals surface area (Å²) in [6, 6.07) is 9.83. The molecule has 3 aliphatic rings. The Bertz CT molecular complexity index is 816. The Balaban J connectivity index is 1.54. The first kappa shape index (κ1) is 21.4. The fourth-order valence-corrected chi connectivity index (χ4v) is 4.75. The minimum Gasteiger partial charge on any atom is -0.378 e. The fraction of sp³-hybridized carbons (Fsp3) is 0.591. The highest BCUT2D eigenvalue weighted by Gasteiger charge is 2.54. The zero-order valence-corrected chi connectivity index (χ0v) is 18.3. The van der Waals surface area contributed by atoms with Crippen LogP contribution in [-0.2, 0) is 14.3 Å². The van der Waals surface area contributed by atoms with Crippen molar-refractivity contribution in [3.8, 4) is 0 Å². The van der Waals surface area contributed by atoms with Gasteiger partial charge in [0.2, 0.25) is 5.91 Å². The summed E-state index contributed by atoms with van der Waals surface area (Å²) in [5.41, 5.74) is 0.236. The molecule has 3 fully saturated rings. The maximum absolute atomic E-state index is 13.7. The van der Waals surface area contributed by atoms with Gasteiger partial charge in [-0.3, -0.25) is 9.59 Å². The Morgan fingerprint density at radius 1 is 1.00 bits per heavy atom. The molecular weight excluding hydrogens is 398 g/mol. The van der Waals surface area contributed by atoms with Gasteiger partial charge in [-0.25, -0.2) is 4.79 Å². The SMILES string of the molecule is CN(C)C(=O)N1CCC2(CC1)C(=O)N(CC(=O)N1CCOCC1)CN2c1ccccc1. The number of hydrogen-bond acceptors (Lipinski definition) is 5. The van der Waals surface area contributed by atoms with Crippen molar-refractivity contribution >= 4 is 23.5 Å². The molecule has 9 heteroatoms. The average Bonchev–Trinajstić information content (AvgIpc) is 3.06. The van der Waals surface area contributed by atoms with Crippen LogP contribution >= 0.6 is 0 Å². The van der Waals surface area contributed by atoms with Crippen molar-refractivity contribution in [3.05, 3.63) is 30.3 Å². The number of carbonyl (C=O) groups excluding carboxylic acids is 3. The molecule has 1 spiro atoms. The summed E-state index contributed by atoms with van der Waals surface area (Å²) < 4.78 is 5.33. The zero-order valence-electron chi connectivity index (χ0n) is 18.3. The van der Waals surface area contributed by atoms with Crippen LogP contribution in [0.3, 0.4) is 0 Å². The topological polar surface area (TPSA) is 76.6 Å². The monoisotopic (exact) mass is 429 g/mol. The normalized spacial score (nSPS) is 21.0. The van der Waals surface area contributed by atoms with E-state index < -0.39 is 5.54 Å². The molecule has 168 valence electrons. The quantitative estimate of drug-likeness (QED) is 0.706. The van der Waals surface area contributed by atoms with Crippen molar-refractivity contribution in [1.29, 1.82) is 0 Å². The lowest BCUT2D eigenvalue weighted by Gasteiger charge is -2.43. The van der Waals surface area contributed by atoms with E-state index in [1.165, 1.54) is 0 Å². The number of morpholine rings is 1. The summed E-state index contributed by atoms with van der Waals surface area (Å²) >= 11 is 0. The minimum atomic E-state index is -0.726. The molecule has 0 aromatic heterocycles. The van der Waals surface area contributed by atoms with E-state index >= 15 is 0 Å². The summed E-state index contributed by atoms with van der Waals surface area (Å²) in [7, 11) is 3.48. The van der Waals surface area contributed by atoms with Crippen LogP contribution in [0.4, 0.5) is 10.5 Å². The molecule has 0 N–H and O–H groups in total. The van der Waals surface area contributed by atoms with Gasteiger partial charge in [0.25, 0.3) is 5.91 Å². The molecule has 3 saturated heterocycles. The van der Waals surface area contributed by atoms with Crippen molar-refractivity contribution in [2.75, 3.05) is 71.6 Å². The molecule has 0 atom stereocenters. The third kappa shape index (κ3) is 4.06. The van der Waals surface area contributed by atoms with E-state index in [0.29, 0.717) is 58.9 Å². The van der Waals surface area contributed by atoms with Gasteiger partial charge in [0, 0.05) is 46.0 Å². The van der Waals surface area contributed by atoms with E-state index in [4.69, 9.17) is 4.74 Å². The van der Waals surface area contributed by atoms with Gasteiger partial charge in [0.05, 0.1) is 19.9 Å². The van der Waals surface area contributed by atoms with E-state index in [1.54, 1.807) is 33.7 Å². The number of benzene rings is 1. The van der Waals surface area contributed by atoms with Crippen LogP contribution in [0, 0.1) is 0 Å². The maximum atomic E-state index is 13.7. The smallest absolute Gasteiger partial charge is 0.319 e. The van der Waals surface area contributed by atoms with Crippen LogP contribution in [0.2, 0.25) is 0 Å². The van der Waals surface area contributed by atoms with Crippen LogP contribution in [0.1, 0.15) is 12.8 Å². The highest BCUT2D eigenvalue weighted by Crippen LogP contribution is 2.39. The lowest BCUT2D eigenvalue weighted by molar-refractivity contribution is -0.143. The fourth-order valence-electron chi connectivity index (χ4n) is 4.75. The number of piperidine rings is 1. The van der Waals surface area contributed by atoms with E-state index in [0.717, 1.165) is 5.69 Å². The number of amides is 4. The van der Waals surface area contributed by atoms with Crippen LogP contribution in [-0.4, -0.2) is 110 Å². The second-order valence-corrected chi connectivity index (χ2v) is 8.60. The van der Waals surface area contributed by atoms with Crippen LogP contribution < -0.4 is 4.90 Å². The molecule has 0 radical (unpaired) electrons. The van der Waals surface area contributed by atoms with E-state index in [1.807, 2.05) is 30.3 Å². The lowest BCUT2D eigenvalue weighted by atomic mass is 9.85. The molecule has 1 aromatic rings. The van der Waals surface area contributed by atoms with E-state index in [-0.39, 0.29) is 24.4 Å². The van der Waals surface area contributed by atoms with Crippen molar-refractivity contribution in [1.82, 2.24) is 19.6 Å². The second-order valence-electron chi connectivity index (χ2n) is 8.60. The highest BCUT2D eigenvalue weighted by molar-refractivity contribution is 5.96. The van der Waals surface area contributed by atoms with E-state index in [9.17, 15) is 14.4 Å². The third-order valence-corrected chi connectivity index (χ3v) is 6.52. The molecule has 9 nitrogen and oxygen atoms in total. The first-order valence-corrected chi connectivity index (χ1v) is 10.9. The van der Waals surface area contributed by atoms with Gasteiger partial charge in [0.1, 0.15) is 12.1 Å². The summed E-state index contributed by atoms with van der Waals surface area (Å²) in [4.78, 5) is 47.8. The van der Waals surface area contributed by atoms with Crippen LogP contribution in [0.5, 0.6) is 0 Å². The predicted octanol–water partition coefficient (Wildman–Crippen LogP) is 0.668. The van der Waals surface area contributed by atoms with Gasteiger partial charge >= 0.3 is 6.03 Å².